The fraction of sp³-hybridized carbons (Fsp3) is 0.0345. The molecule has 2 N–H and O–H groups in total. The van der Waals surface area contributed by atoms with E-state index in [0.29, 0.717) is 4.47 Å². The first-order valence-corrected chi connectivity index (χ1v) is 11.9. The molecule has 0 radical (unpaired) electrons. The Labute approximate surface area is 225 Å². The van der Waals surface area contributed by atoms with Crippen molar-refractivity contribution in [2.24, 2.45) is 0 Å². The van der Waals surface area contributed by atoms with Crippen LogP contribution in [0.25, 0.3) is 0 Å². The van der Waals surface area contributed by atoms with E-state index in [1.165, 1.54) is 36.4 Å². The summed E-state index contributed by atoms with van der Waals surface area (Å²) in [6.07, 6.45) is 0. The van der Waals surface area contributed by atoms with Gasteiger partial charge in [0.1, 0.15) is 0 Å². The van der Waals surface area contributed by atoms with Crippen molar-refractivity contribution >= 4 is 39.4 Å². The number of ketones is 2. The Hall–Kier alpha value is -4.76. The quantitative estimate of drug-likeness (QED) is 0.131. The maximum absolute atomic E-state index is 13.8. The first-order chi connectivity index (χ1) is 18.2. The zero-order valence-electron chi connectivity index (χ0n) is 19.8. The van der Waals surface area contributed by atoms with Crippen LogP contribution >= 0.6 is 15.9 Å². The van der Waals surface area contributed by atoms with Crippen molar-refractivity contribution in [3.05, 3.63) is 123 Å². The fourth-order valence-corrected chi connectivity index (χ4v) is 4.01. The molecule has 0 aliphatic heterocycles. The van der Waals surface area contributed by atoms with Crippen LogP contribution in [0.3, 0.4) is 0 Å². The van der Waals surface area contributed by atoms with E-state index in [-0.39, 0.29) is 16.7 Å². The standard InChI is InChI=1S/C29H19BrO8/c1-37-29(36)20-21(23(31)16-8-4-2-5-9-16)25(33)26(34)27(38-28(35)18-10-6-3-7-11-18)22(20)24(32)17-12-14-19(30)15-13-17/h2-15,33-34H,1H3. The average molecular weight is 575 g/mol. The summed E-state index contributed by atoms with van der Waals surface area (Å²) >= 11 is 3.28. The number of methoxy groups -OCH3 is 1. The molecule has 0 spiro atoms. The smallest absolute Gasteiger partial charge is 0.343 e. The lowest BCUT2D eigenvalue weighted by Crippen LogP contribution is -2.21. The molecule has 0 aromatic heterocycles. The highest BCUT2D eigenvalue weighted by molar-refractivity contribution is 9.10. The van der Waals surface area contributed by atoms with Crippen LogP contribution in [0.1, 0.15) is 52.6 Å². The average Bonchev–Trinajstić information content (AvgIpc) is 2.95. The molecule has 9 heteroatoms. The Kier molecular flexibility index (Phi) is 7.68. The number of esters is 2. The largest absolute Gasteiger partial charge is 0.504 e. The van der Waals surface area contributed by atoms with Gasteiger partial charge in [0.15, 0.2) is 23.1 Å². The molecule has 0 saturated heterocycles. The lowest BCUT2D eigenvalue weighted by atomic mass is 9.88. The van der Waals surface area contributed by atoms with Gasteiger partial charge in [-0.2, -0.15) is 0 Å². The predicted octanol–water partition coefficient (Wildman–Crippen LogP) is 5.33. The summed E-state index contributed by atoms with van der Waals surface area (Å²) in [7, 11) is 1.02. The van der Waals surface area contributed by atoms with E-state index in [4.69, 9.17) is 9.47 Å². The van der Waals surface area contributed by atoms with Gasteiger partial charge in [-0.15, -0.1) is 0 Å². The van der Waals surface area contributed by atoms with E-state index >= 15 is 0 Å². The van der Waals surface area contributed by atoms with Crippen molar-refractivity contribution < 1.29 is 38.9 Å². The number of aromatic hydroxyl groups is 2. The van der Waals surface area contributed by atoms with Crippen LogP contribution in [0.15, 0.2) is 89.4 Å². The SMILES string of the molecule is COC(=O)c1c(C(=O)c2ccccc2)c(O)c(O)c(OC(=O)c2ccccc2)c1C(=O)c1ccc(Br)cc1. The molecule has 8 nitrogen and oxygen atoms in total. The molecule has 0 bridgehead atoms. The van der Waals surface area contributed by atoms with Crippen molar-refractivity contribution in [2.45, 2.75) is 0 Å². The van der Waals surface area contributed by atoms with Crippen LogP contribution in [-0.2, 0) is 4.74 Å². The van der Waals surface area contributed by atoms with Crippen LogP contribution in [0.5, 0.6) is 17.2 Å². The van der Waals surface area contributed by atoms with Gasteiger partial charge in [-0.05, 0) is 36.4 Å². The second-order valence-corrected chi connectivity index (χ2v) is 8.85. The molecular weight excluding hydrogens is 556 g/mol. The van der Waals surface area contributed by atoms with Crippen LogP contribution in [0.4, 0.5) is 0 Å². The first-order valence-electron chi connectivity index (χ1n) is 11.1. The zero-order chi connectivity index (χ0) is 27.4. The first kappa shape index (κ1) is 26.3. The molecule has 0 unspecified atom stereocenters. The minimum Gasteiger partial charge on any atom is -0.504 e. The van der Waals surface area contributed by atoms with Crippen molar-refractivity contribution in [1.29, 1.82) is 0 Å². The molecule has 0 amide bonds. The normalized spacial score (nSPS) is 10.5. The number of rotatable bonds is 7. The molecule has 38 heavy (non-hydrogen) atoms. The van der Waals surface area contributed by atoms with Gasteiger partial charge in [-0.1, -0.05) is 64.5 Å². The van der Waals surface area contributed by atoms with Crippen LogP contribution in [0, 0.1) is 0 Å². The summed E-state index contributed by atoms with van der Waals surface area (Å²) < 4.78 is 10.9. The second-order valence-electron chi connectivity index (χ2n) is 7.93. The Balaban J connectivity index is 2.04. The predicted molar refractivity (Wildman–Crippen MR) is 140 cm³/mol. The molecular formula is C29H19BrO8. The number of hydrogen-bond acceptors (Lipinski definition) is 8. The Morgan fingerprint density at radius 1 is 0.605 bits per heavy atom. The van der Waals surface area contributed by atoms with E-state index in [0.717, 1.165) is 7.11 Å². The number of ether oxygens (including phenoxy) is 2. The van der Waals surface area contributed by atoms with E-state index in [1.54, 1.807) is 48.5 Å². The summed E-state index contributed by atoms with van der Waals surface area (Å²) in [6.45, 7) is 0. The van der Waals surface area contributed by atoms with Crippen LogP contribution in [0.2, 0.25) is 0 Å². The highest BCUT2D eigenvalue weighted by Gasteiger charge is 2.37. The van der Waals surface area contributed by atoms with Gasteiger partial charge in [0.25, 0.3) is 0 Å². The third-order valence-corrected chi connectivity index (χ3v) is 6.12. The van der Waals surface area contributed by atoms with E-state index in [2.05, 4.69) is 15.9 Å². The topological polar surface area (TPSA) is 127 Å². The number of phenolic OH excluding ortho intramolecular Hbond substituents is 2. The molecule has 0 saturated carbocycles. The molecule has 0 aliphatic carbocycles. The minimum atomic E-state index is -1.17. The Bertz CT molecular complexity index is 1550. The number of phenols is 2. The number of carbonyl (C=O) groups excluding carboxylic acids is 4. The third-order valence-electron chi connectivity index (χ3n) is 5.59. The highest BCUT2D eigenvalue weighted by Crippen LogP contribution is 2.46. The second kappa shape index (κ2) is 11.1. The van der Waals surface area contributed by atoms with Gasteiger partial charge < -0.3 is 19.7 Å². The lowest BCUT2D eigenvalue weighted by molar-refractivity contribution is 0.0589. The molecule has 4 aromatic rings. The summed E-state index contributed by atoms with van der Waals surface area (Å²) in [6, 6.07) is 21.3. The summed E-state index contributed by atoms with van der Waals surface area (Å²) in [5.41, 5.74) is -1.81. The Morgan fingerprint density at radius 2 is 1.11 bits per heavy atom. The van der Waals surface area contributed by atoms with Gasteiger partial charge >= 0.3 is 11.9 Å². The van der Waals surface area contributed by atoms with Gasteiger partial charge in [-0.25, -0.2) is 9.59 Å². The summed E-state index contributed by atoms with van der Waals surface area (Å²) in [5, 5.41) is 21.9. The Morgan fingerprint density at radius 3 is 1.66 bits per heavy atom. The maximum Gasteiger partial charge on any atom is 0.343 e. The van der Waals surface area contributed by atoms with E-state index in [1.807, 2.05) is 0 Å². The van der Waals surface area contributed by atoms with Gasteiger partial charge in [0, 0.05) is 15.6 Å². The molecule has 4 aromatic carbocycles. The van der Waals surface area contributed by atoms with Crippen molar-refractivity contribution in [1.82, 2.24) is 0 Å². The zero-order valence-corrected chi connectivity index (χ0v) is 21.4. The molecule has 0 heterocycles. The van der Waals surface area contributed by atoms with Crippen LogP contribution in [-0.4, -0.2) is 40.8 Å². The van der Waals surface area contributed by atoms with E-state index < -0.39 is 57.4 Å². The molecule has 190 valence electrons. The summed E-state index contributed by atoms with van der Waals surface area (Å²) in [5.74, 6) is -6.81. The van der Waals surface area contributed by atoms with Crippen molar-refractivity contribution in [3.63, 3.8) is 0 Å². The minimum absolute atomic E-state index is 0.0403. The van der Waals surface area contributed by atoms with Gasteiger partial charge in [0.2, 0.25) is 5.75 Å². The summed E-state index contributed by atoms with van der Waals surface area (Å²) in [4.78, 5) is 53.3. The van der Waals surface area contributed by atoms with Gasteiger partial charge in [-0.3, -0.25) is 9.59 Å². The number of halogens is 1. The number of carbonyl (C=O) groups is 4. The van der Waals surface area contributed by atoms with Crippen molar-refractivity contribution in [2.75, 3.05) is 7.11 Å². The molecule has 4 rings (SSSR count). The van der Waals surface area contributed by atoms with Gasteiger partial charge in [0.05, 0.1) is 29.4 Å². The number of hydrogen-bond donors (Lipinski definition) is 2. The van der Waals surface area contributed by atoms with Crippen molar-refractivity contribution in [3.8, 4) is 17.2 Å². The van der Waals surface area contributed by atoms with E-state index in [9.17, 15) is 29.4 Å². The van der Waals surface area contributed by atoms with Crippen LogP contribution < -0.4 is 4.74 Å². The molecule has 0 fully saturated rings. The molecule has 0 aliphatic rings. The number of benzene rings is 4. The third kappa shape index (κ3) is 5.05. The highest BCUT2D eigenvalue weighted by atomic mass is 79.9. The maximum atomic E-state index is 13.8. The lowest BCUT2D eigenvalue weighted by Gasteiger charge is -2.19. The molecule has 0 atom stereocenters. The fourth-order valence-electron chi connectivity index (χ4n) is 3.75. The monoisotopic (exact) mass is 574 g/mol.